The second-order valence-electron chi connectivity index (χ2n) is 6.72. The molecule has 26 heavy (non-hydrogen) atoms. The zero-order valence-corrected chi connectivity index (χ0v) is 16.2. The van der Waals surface area contributed by atoms with Gasteiger partial charge < -0.3 is 19.9 Å². The number of benzene rings is 2. The molecule has 142 valence electrons. The first-order chi connectivity index (χ1) is 12.2. The van der Waals surface area contributed by atoms with Gasteiger partial charge in [-0.2, -0.15) is 0 Å². The van der Waals surface area contributed by atoms with E-state index in [1.807, 2.05) is 62.4 Å². The number of aliphatic hydroxyl groups excluding tert-OH is 1. The average Bonchev–Trinajstić information content (AvgIpc) is 2.64. The predicted molar refractivity (Wildman–Crippen MR) is 106 cm³/mol. The van der Waals surface area contributed by atoms with Gasteiger partial charge in [-0.05, 0) is 25.5 Å². The van der Waals surface area contributed by atoms with Crippen LogP contribution in [0.15, 0.2) is 54.6 Å². The van der Waals surface area contributed by atoms with Crippen LogP contribution in [0.1, 0.15) is 30.9 Å². The minimum absolute atomic E-state index is 0. The van der Waals surface area contributed by atoms with Crippen molar-refractivity contribution in [3.05, 3.63) is 65.7 Å². The fourth-order valence-electron chi connectivity index (χ4n) is 3.60. The molecule has 0 bridgehead atoms. The van der Waals surface area contributed by atoms with Gasteiger partial charge in [0.1, 0.15) is 11.4 Å². The van der Waals surface area contributed by atoms with Crippen LogP contribution in [0.25, 0.3) is 0 Å². The number of rotatable bonds is 6. The predicted octanol–water partition coefficient (Wildman–Crippen LogP) is 3.49. The molecule has 2 N–H and O–H groups in total. The van der Waals surface area contributed by atoms with E-state index in [0.717, 1.165) is 23.4 Å². The van der Waals surface area contributed by atoms with E-state index in [2.05, 4.69) is 11.4 Å². The Balaban J connectivity index is 0.00000243. The van der Waals surface area contributed by atoms with Crippen LogP contribution in [0.3, 0.4) is 0 Å². The van der Waals surface area contributed by atoms with E-state index >= 15 is 0 Å². The van der Waals surface area contributed by atoms with E-state index in [4.69, 9.17) is 9.47 Å². The molecule has 0 aromatic heterocycles. The van der Waals surface area contributed by atoms with Crippen molar-refractivity contribution >= 4 is 12.4 Å². The number of morpholine rings is 1. The Labute approximate surface area is 161 Å². The highest BCUT2D eigenvalue weighted by Gasteiger charge is 2.45. The molecule has 0 saturated carbocycles. The summed E-state index contributed by atoms with van der Waals surface area (Å²) in [6.07, 6.45) is 0.0686. The molecule has 0 amide bonds. The minimum atomic E-state index is -0.667. The van der Waals surface area contributed by atoms with Crippen molar-refractivity contribution < 1.29 is 14.6 Å². The highest BCUT2D eigenvalue weighted by atomic mass is 35.5. The van der Waals surface area contributed by atoms with Gasteiger partial charge >= 0.3 is 0 Å². The van der Waals surface area contributed by atoms with Crippen LogP contribution in [-0.2, 0) is 10.3 Å². The fourth-order valence-corrected chi connectivity index (χ4v) is 3.60. The van der Waals surface area contributed by atoms with Gasteiger partial charge in [0.25, 0.3) is 0 Å². The largest absolute Gasteiger partial charge is 0.491 e. The third-order valence-electron chi connectivity index (χ3n) is 4.68. The lowest BCUT2D eigenvalue weighted by molar-refractivity contribution is -0.101. The van der Waals surface area contributed by atoms with Crippen molar-refractivity contribution in [1.82, 2.24) is 5.32 Å². The van der Waals surface area contributed by atoms with Crippen LogP contribution >= 0.6 is 12.4 Å². The maximum absolute atomic E-state index is 10.3. The van der Waals surface area contributed by atoms with Gasteiger partial charge in [0.05, 0.1) is 19.3 Å². The van der Waals surface area contributed by atoms with Crippen LogP contribution in [0.4, 0.5) is 0 Å². The molecular weight excluding hydrogens is 350 g/mol. The van der Waals surface area contributed by atoms with E-state index in [9.17, 15) is 5.11 Å². The summed E-state index contributed by atoms with van der Waals surface area (Å²) in [4.78, 5) is 0. The van der Waals surface area contributed by atoms with Crippen LogP contribution in [0.2, 0.25) is 0 Å². The number of nitrogens with one attached hydrogen (secondary N) is 1. The molecule has 4 nitrogen and oxygen atoms in total. The van der Waals surface area contributed by atoms with E-state index in [1.54, 1.807) is 0 Å². The van der Waals surface area contributed by atoms with Crippen LogP contribution < -0.4 is 10.1 Å². The maximum atomic E-state index is 10.3. The molecule has 5 heteroatoms. The van der Waals surface area contributed by atoms with E-state index in [0.29, 0.717) is 13.2 Å². The number of para-hydroxylation sites is 1. The summed E-state index contributed by atoms with van der Waals surface area (Å²) in [7, 11) is 0. The van der Waals surface area contributed by atoms with Crippen LogP contribution in [-0.4, -0.2) is 37.5 Å². The smallest absolute Gasteiger partial charge is 0.125 e. The fraction of sp³-hybridized carbons (Fsp3) is 0.429. The van der Waals surface area contributed by atoms with Gasteiger partial charge in [0, 0.05) is 24.6 Å². The van der Waals surface area contributed by atoms with Crippen molar-refractivity contribution in [2.24, 2.45) is 0 Å². The molecule has 0 aliphatic carbocycles. The molecule has 1 aliphatic rings. The quantitative estimate of drug-likeness (QED) is 0.809. The third-order valence-corrected chi connectivity index (χ3v) is 4.68. The Hall–Kier alpha value is -1.59. The first-order valence-electron chi connectivity index (χ1n) is 8.94. The maximum Gasteiger partial charge on any atom is 0.125 e. The van der Waals surface area contributed by atoms with Gasteiger partial charge in [0.2, 0.25) is 0 Å². The zero-order chi connectivity index (χ0) is 17.7. The molecule has 2 atom stereocenters. The number of hydrogen-bond donors (Lipinski definition) is 2. The van der Waals surface area contributed by atoms with Crippen molar-refractivity contribution in [1.29, 1.82) is 0 Å². The Morgan fingerprint density at radius 3 is 2.42 bits per heavy atom. The molecule has 2 aromatic carbocycles. The molecule has 1 aliphatic heterocycles. The summed E-state index contributed by atoms with van der Waals surface area (Å²) in [5.74, 6) is 0.633. The molecule has 3 rings (SSSR count). The second-order valence-corrected chi connectivity index (χ2v) is 6.72. The highest BCUT2D eigenvalue weighted by Crippen LogP contribution is 2.44. The lowest BCUT2D eigenvalue weighted by Gasteiger charge is -2.44. The van der Waals surface area contributed by atoms with Gasteiger partial charge in [0.15, 0.2) is 0 Å². The summed E-state index contributed by atoms with van der Waals surface area (Å²) in [6, 6.07) is 18.1. The van der Waals surface area contributed by atoms with Gasteiger partial charge in [-0.15, -0.1) is 12.4 Å². The monoisotopic (exact) mass is 377 g/mol. The van der Waals surface area contributed by atoms with Gasteiger partial charge in [-0.25, -0.2) is 0 Å². The van der Waals surface area contributed by atoms with E-state index in [-0.39, 0.29) is 31.0 Å². The first-order valence-corrected chi connectivity index (χ1v) is 8.94. The number of hydrogen-bond acceptors (Lipinski definition) is 4. The number of ether oxygens (including phenoxy) is 2. The zero-order valence-electron chi connectivity index (χ0n) is 15.4. The number of aliphatic hydroxyl groups is 1. The Morgan fingerprint density at radius 2 is 1.81 bits per heavy atom. The molecule has 1 heterocycles. The summed E-state index contributed by atoms with van der Waals surface area (Å²) >= 11 is 0. The van der Waals surface area contributed by atoms with Gasteiger partial charge in [-0.1, -0.05) is 48.5 Å². The SMILES string of the molecule is CC(C)Oc1ccccc1C1(C(CO)c2ccccc2)CNCCO1.Cl. The normalized spacial score (nSPS) is 21.1. The molecule has 1 fully saturated rings. The summed E-state index contributed by atoms with van der Waals surface area (Å²) in [5, 5.41) is 13.7. The van der Waals surface area contributed by atoms with Crippen molar-refractivity contribution in [3.8, 4) is 5.75 Å². The molecular formula is C21H28ClNO3. The Bertz CT molecular complexity index is 672. The van der Waals surface area contributed by atoms with Crippen molar-refractivity contribution in [3.63, 3.8) is 0 Å². The third kappa shape index (κ3) is 4.21. The van der Waals surface area contributed by atoms with Crippen molar-refractivity contribution in [2.75, 3.05) is 26.3 Å². The lowest BCUT2D eigenvalue weighted by atomic mass is 9.76. The highest BCUT2D eigenvalue weighted by molar-refractivity contribution is 5.85. The first kappa shape index (κ1) is 20.7. The Morgan fingerprint density at radius 1 is 1.12 bits per heavy atom. The standard InChI is InChI=1S/C21H27NO3.ClH/c1-16(2)25-20-11-7-6-10-18(20)21(15-22-12-13-24-21)19(14-23)17-8-4-3-5-9-17;/h3-11,16,19,22-23H,12-15H2,1-2H3;1H. The van der Waals surface area contributed by atoms with Crippen LogP contribution in [0, 0.1) is 0 Å². The average molecular weight is 378 g/mol. The summed E-state index contributed by atoms with van der Waals surface area (Å²) in [6.45, 7) is 6.07. The summed E-state index contributed by atoms with van der Waals surface area (Å²) in [5.41, 5.74) is 1.38. The number of halogens is 1. The van der Waals surface area contributed by atoms with E-state index in [1.165, 1.54) is 0 Å². The molecule has 2 aromatic rings. The molecule has 2 unspecified atom stereocenters. The molecule has 1 saturated heterocycles. The molecule has 0 spiro atoms. The second kappa shape index (κ2) is 9.38. The minimum Gasteiger partial charge on any atom is -0.491 e. The van der Waals surface area contributed by atoms with E-state index < -0.39 is 5.60 Å². The summed E-state index contributed by atoms with van der Waals surface area (Å²) < 4.78 is 12.4. The topological polar surface area (TPSA) is 50.7 Å². The van der Waals surface area contributed by atoms with Gasteiger partial charge in [-0.3, -0.25) is 0 Å². The molecule has 0 radical (unpaired) electrons. The van der Waals surface area contributed by atoms with Crippen LogP contribution in [0.5, 0.6) is 5.75 Å². The van der Waals surface area contributed by atoms with Crippen molar-refractivity contribution in [2.45, 2.75) is 31.5 Å². The lowest BCUT2D eigenvalue weighted by Crippen LogP contribution is -2.52. The Kier molecular flexibility index (Phi) is 7.47.